The van der Waals surface area contributed by atoms with Crippen LogP contribution in [0.15, 0.2) is 36.7 Å². The van der Waals surface area contributed by atoms with Gasteiger partial charge >= 0.3 is 0 Å². The Kier molecular flexibility index (Phi) is 2.69. The van der Waals surface area contributed by atoms with E-state index in [0.29, 0.717) is 16.6 Å². The van der Waals surface area contributed by atoms with E-state index in [2.05, 4.69) is 15.6 Å². The van der Waals surface area contributed by atoms with Gasteiger partial charge in [0.05, 0.1) is 27.7 Å². The standard InChI is InChI=1S/C16H11ClN4/c17-13-9-19-6-5-12(13)16-20-14-4-1-10(8-18)7-15(14)21(16)11-2-3-11/h1,4-7,9,11H,2-3H2. The fourth-order valence-corrected chi connectivity index (χ4v) is 2.82. The van der Waals surface area contributed by atoms with Crippen LogP contribution in [0.3, 0.4) is 0 Å². The van der Waals surface area contributed by atoms with Gasteiger partial charge in [-0.2, -0.15) is 5.26 Å². The van der Waals surface area contributed by atoms with Crippen LogP contribution in [0.1, 0.15) is 24.4 Å². The van der Waals surface area contributed by atoms with E-state index in [4.69, 9.17) is 21.8 Å². The first-order chi connectivity index (χ1) is 10.3. The Labute approximate surface area is 126 Å². The molecule has 1 aromatic carbocycles. The fourth-order valence-electron chi connectivity index (χ4n) is 2.61. The maximum Gasteiger partial charge on any atom is 0.143 e. The molecule has 1 aliphatic carbocycles. The third-order valence-electron chi connectivity index (χ3n) is 3.74. The topological polar surface area (TPSA) is 54.5 Å². The van der Waals surface area contributed by atoms with Gasteiger partial charge in [0.15, 0.2) is 0 Å². The molecular weight excluding hydrogens is 284 g/mol. The number of halogens is 1. The lowest BCUT2D eigenvalue weighted by molar-refractivity contribution is 0.775. The Balaban J connectivity index is 2.03. The van der Waals surface area contributed by atoms with Crippen LogP contribution in [-0.2, 0) is 0 Å². The third kappa shape index (κ3) is 1.98. The number of aromatic nitrogens is 3. The normalized spacial score (nSPS) is 14.3. The first kappa shape index (κ1) is 12.4. The minimum atomic E-state index is 0.447. The highest BCUT2D eigenvalue weighted by Crippen LogP contribution is 2.42. The third-order valence-corrected chi connectivity index (χ3v) is 4.05. The zero-order valence-electron chi connectivity index (χ0n) is 11.1. The molecule has 21 heavy (non-hydrogen) atoms. The van der Waals surface area contributed by atoms with Gasteiger partial charge in [0.25, 0.3) is 0 Å². The lowest BCUT2D eigenvalue weighted by atomic mass is 10.2. The first-order valence-electron chi connectivity index (χ1n) is 6.80. The molecule has 0 bridgehead atoms. The molecule has 5 heteroatoms. The van der Waals surface area contributed by atoms with E-state index in [1.54, 1.807) is 18.5 Å². The van der Waals surface area contributed by atoms with Gasteiger partial charge in [0.2, 0.25) is 0 Å². The minimum absolute atomic E-state index is 0.447. The first-order valence-corrected chi connectivity index (χ1v) is 7.17. The summed E-state index contributed by atoms with van der Waals surface area (Å²) >= 11 is 6.27. The summed E-state index contributed by atoms with van der Waals surface area (Å²) < 4.78 is 2.21. The van der Waals surface area contributed by atoms with Crippen molar-refractivity contribution in [2.24, 2.45) is 0 Å². The highest BCUT2D eigenvalue weighted by atomic mass is 35.5. The van der Waals surface area contributed by atoms with Crippen LogP contribution in [0.5, 0.6) is 0 Å². The van der Waals surface area contributed by atoms with Crippen molar-refractivity contribution in [3.05, 3.63) is 47.2 Å². The smallest absolute Gasteiger partial charge is 0.143 e. The van der Waals surface area contributed by atoms with E-state index >= 15 is 0 Å². The van der Waals surface area contributed by atoms with Gasteiger partial charge in [0, 0.05) is 24.0 Å². The molecule has 0 spiro atoms. The second-order valence-corrected chi connectivity index (χ2v) is 5.61. The van der Waals surface area contributed by atoms with Crippen molar-refractivity contribution in [3.63, 3.8) is 0 Å². The molecule has 0 radical (unpaired) electrons. The van der Waals surface area contributed by atoms with Crippen LogP contribution in [0.2, 0.25) is 5.02 Å². The summed E-state index contributed by atoms with van der Waals surface area (Å²) in [4.78, 5) is 8.75. The van der Waals surface area contributed by atoms with Crippen molar-refractivity contribution in [3.8, 4) is 17.5 Å². The molecule has 2 aromatic heterocycles. The van der Waals surface area contributed by atoms with Gasteiger partial charge in [-0.1, -0.05) is 11.6 Å². The van der Waals surface area contributed by atoms with E-state index in [-0.39, 0.29) is 0 Å². The maximum absolute atomic E-state index is 9.10. The summed E-state index contributed by atoms with van der Waals surface area (Å²) in [6, 6.07) is 10.1. The molecular formula is C16H11ClN4. The van der Waals surface area contributed by atoms with E-state index in [1.807, 2.05) is 18.2 Å². The molecule has 4 nitrogen and oxygen atoms in total. The van der Waals surface area contributed by atoms with Crippen molar-refractivity contribution in [1.82, 2.24) is 14.5 Å². The van der Waals surface area contributed by atoms with Crippen molar-refractivity contribution in [2.75, 3.05) is 0 Å². The van der Waals surface area contributed by atoms with Gasteiger partial charge in [-0.25, -0.2) is 4.98 Å². The number of hydrogen-bond acceptors (Lipinski definition) is 3. The van der Waals surface area contributed by atoms with Gasteiger partial charge in [-0.15, -0.1) is 0 Å². The van der Waals surface area contributed by atoms with Crippen molar-refractivity contribution >= 4 is 22.6 Å². The predicted octanol–water partition coefficient (Wildman–Crippen LogP) is 3.96. The Morgan fingerprint density at radius 1 is 1.29 bits per heavy atom. The number of pyridine rings is 1. The van der Waals surface area contributed by atoms with Gasteiger partial charge in [0.1, 0.15) is 5.82 Å². The molecule has 0 N–H and O–H groups in total. The molecule has 0 aliphatic heterocycles. The summed E-state index contributed by atoms with van der Waals surface area (Å²) in [6.07, 6.45) is 5.63. The SMILES string of the molecule is N#Cc1ccc2nc(-c3ccncc3Cl)n(C3CC3)c2c1. The lowest BCUT2D eigenvalue weighted by Gasteiger charge is -2.08. The average molecular weight is 295 g/mol. The molecule has 0 unspecified atom stereocenters. The Morgan fingerprint density at radius 2 is 2.14 bits per heavy atom. The van der Waals surface area contributed by atoms with Crippen molar-refractivity contribution in [2.45, 2.75) is 18.9 Å². The molecule has 4 rings (SSSR count). The molecule has 1 fully saturated rings. The highest BCUT2D eigenvalue weighted by molar-refractivity contribution is 6.33. The number of benzene rings is 1. The monoisotopic (exact) mass is 294 g/mol. The predicted molar refractivity (Wildman–Crippen MR) is 81.0 cm³/mol. The number of nitrogens with zero attached hydrogens (tertiary/aromatic N) is 4. The van der Waals surface area contributed by atoms with Crippen LogP contribution in [0, 0.1) is 11.3 Å². The summed E-state index contributed by atoms with van der Waals surface area (Å²) in [5.41, 5.74) is 3.42. The van der Waals surface area contributed by atoms with E-state index in [1.165, 1.54) is 0 Å². The minimum Gasteiger partial charge on any atom is -0.321 e. The molecule has 1 aliphatic rings. The van der Waals surface area contributed by atoms with Crippen molar-refractivity contribution < 1.29 is 0 Å². The summed E-state index contributed by atoms with van der Waals surface area (Å²) in [6.45, 7) is 0. The number of nitriles is 1. The number of hydrogen-bond donors (Lipinski definition) is 0. The van der Waals surface area contributed by atoms with E-state index in [0.717, 1.165) is 35.3 Å². The maximum atomic E-state index is 9.10. The summed E-state index contributed by atoms with van der Waals surface area (Å²) in [7, 11) is 0. The second-order valence-electron chi connectivity index (χ2n) is 5.21. The number of rotatable bonds is 2. The van der Waals surface area contributed by atoms with Crippen LogP contribution < -0.4 is 0 Å². The molecule has 1 saturated carbocycles. The second kappa shape index (κ2) is 4.57. The molecule has 0 saturated heterocycles. The van der Waals surface area contributed by atoms with Crippen LogP contribution in [0.25, 0.3) is 22.4 Å². The quantitative estimate of drug-likeness (QED) is 0.719. The summed E-state index contributed by atoms with van der Waals surface area (Å²) in [5, 5.41) is 9.69. The fraction of sp³-hybridized carbons (Fsp3) is 0.188. The Bertz CT molecular complexity index is 887. The van der Waals surface area contributed by atoms with Crippen molar-refractivity contribution in [1.29, 1.82) is 5.26 Å². The highest BCUT2D eigenvalue weighted by Gasteiger charge is 2.29. The zero-order chi connectivity index (χ0) is 14.4. The molecule has 0 amide bonds. The van der Waals surface area contributed by atoms with E-state index in [9.17, 15) is 0 Å². The molecule has 0 atom stereocenters. The lowest BCUT2D eigenvalue weighted by Crippen LogP contribution is -1.98. The van der Waals surface area contributed by atoms with Crippen LogP contribution in [-0.4, -0.2) is 14.5 Å². The average Bonchev–Trinajstić information content (AvgIpc) is 3.27. The van der Waals surface area contributed by atoms with Crippen LogP contribution in [0.4, 0.5) is 0 Å². The molecule has 3 aromatic rings. The van der Waals surface area contributed by atoms with Gasteiger partial charge in [-0.3, -0.25) is 4.98 Å². The van der Waals surface area contributed by atoms with E-state index < -0.39 is 0 Å². The Morgan fingerprint density at radius 3 is 2.86 bits per heavy atom. The zero-order valence-corrected chi connectivity index (χ0v) is 11.9. The summed E-state index contributed by atoms with van der Waals surface area (Å²) in [5.74, 6) is 0.856. The number of fused-ring (bicyclic) bond motifs is 1. The molecule has 102 valence electrons. The largest absolute Gasteiger partial charge is 0.321 e. The van der Waals surface area contributed by atoms with Crippen LogP contribution >= 0.6 is 11.6 Å². The number of imidazole rings is 1. The molecule has 2 heterocycles. The Hall–Kier alpha value is -2.38. The van der Waals surface area contributed by atoms with Gasteiger partial charge < -0.3 is 4.57 Å². The van der Waals surface area contributed by atoms with Gasteiger partial charge in [-0.05, 0) is 37.1 Å².